The number of carbonyl (C=O) groups is 2. The maximum atomic E-state index is 14.4. The first-order valence-corrected chi connectivity index (χ1v) is 12.4. The summed E-state index contributed by atoms with van der Waals surface area (Å²) in [6.45, 7) is 0. The van der Waals surface area contributed by atoms with Gasteiger partial charge in [-0.05, 0) is 11.6 Å². The smallest absolute Gasteiger partial charge is 0.269 e. The molecule has 11 heteroatoms. The van der Waals surface area contributed by atoms with E-state index >= 15 is 0 Å². The zero-order chi connectivity index (χ0) is 28.9. The van der Waals surface area contributed by atoms with Gasteiger partial charge in [-0.15, -0.1) is 0 Å². The van der Waals surface area contributed by atoms with Gasteiger partial charge in [0.15, 0.2) is 0 Å². The van der Waals surface area contributed by atoms with Crippen LogP contribution in [0, 0.1) is 23.5 Å². The molecular weight excluding hydrogens is 538 g/mol. The second-order valence-corrected chi connectivity index (χ2v) is 8.88. The fraction of sp³-hybridized carbons (Fsp3) is 0.0667. The molecule has 0 radical (unpaired) electrons. The minimum Gasteiger partial charge on any atom is -0.365 e. The van der Waals surface area contributed by atoms with Gasteiger partial charge in [-0.1, -0.05) is 91.0 Å². The number of rotatable bonds is 7. The summed E-state index contributed by atoms with van der Waals surface area (Å²) >= 11 is 0. The van der Waals surface area contributed by atoms with E-state index in [9.17, 15) is 27.2 Å². The maximum Gasteiger partial charge on any atom is 0.269 e. The van der Waals surface area contributed by atoms with Crippen molar-refractivity contribution in [2.75, 3.05) is 10.6 Å². The summed E-state index contributed by atoms with van der Waals surface area (Å²) in [5.74, 6) is -9.06. The van der Waals surface area contributed by atoms with E-state index in [1.807, 2.05) is 6.07 Å². The van der Waals surface area contributed by atoms with Gasteiger partial charge in [0.05, 0.1) is 11.4 Å². The molecule has 0 aliphatic carbocycles. The highest BCUT2D eigenvalue weighted by atomic mass is 19.2. The van der Waals surface area contributed by atoms with Crippen molar-refractivity contribution in [3.63, 3.8) is 0 Å². The molecule has 1 aliphatic rings. The van der Waals surface area contributed by atoms with Crippen LogP contribution < -0.4 is 16.0 Å². The van der Waals surface area contributed by atoms with E-state index in [0.29, 0.717) is 28.1 Å². The van der Waals surface area contributed by atoms with Crippen LogP contribution in [0.4, 0.5) is 28.9 Å². The van der Waals surface area contributed by atoms with Crippen LogP contribution in [-0.4, -0.2) is 34.7 Å². The van der Waals surface area contributed by atoms with Gasteiger partial charge >= 0.3 is 0 Å². The standard InChI is InChI=1S/C30H21F4N5O2/c31-22-25(23(32)27(34)38-26(22)33)35-21(16-15-17-9-3-1-4-10-17)29(40)39-28-30(41)36-20-14-8-7-13-19(20)24(37-28)18-11-5-2-6-12-18/h1-16,21,28H,(H,35,38)(H,36,41)(H,39,40)/b16-15+/t21-,28?/m1/s1. The Labute approximate surface area is 231 Å². The second kappa shape index (κ2) is 11.8. The first-order valence-electron chi connectivity index (χ1n) is 12.4. The van der Waals surface area contributed by atoms with E-state index in [2.05, 4.69) is 25.9 Å². The topological polar surface area (TPSA) is 95.5 Å². The van der Waals surface area contributed by atoms with Gasteiger partial charge in [-0.3, -0.25) is 9.59 Å². The van der Waals surface area contributed by atoms with Gasteiger partial charge < -0.3 is 16.0 Å². The molecule has 5 rings (SSSR count). The first kappa shape index (κ1) is 27.3. The normalized spacial score (nSPS) is 15.4. The molecule has 0 saturated heterocycles. The number of nitrogens with zero attached hydrogens (tertiary/aromatic N) is 2. The van der Waals surface area contributed by atoms with E-state index in [0.717, 1.165) is 0 Å². The molecule has 1 aromatic heterocycles. The summed E-state index contributed by atoms with van der Waals surface area (Å²) in [6.07, 6.45) is 1.22. The lowest BCUT2D eigenvalue weighted by atomic mass is 10.0. The van der Waals surface area contributed by atoms with Crippen LogP contribution in [0.15, 0.2) is 96.0 Å². The molecule has 0 bridgehead atoms. The lowest BCUT2D eigenvalue weighted by Crippen LogP contribution is -2.48. The van der Waals surface area contributed by atoms with Gasteiger partial charge in [-0.2, -0.15) is 22.5 Å². The van der Waals surface area contributed by atoms with E-state index in [4.69, 9.17) is 0 Å². The van der Waals surface area contributed by atoms with Crippen molar-refractivity contribution in [1.29, 1.82) is 0 Å². The van der Waals surface area contributed by atoms with Crippen LogP contribution in [0.5, 0.6) is 0 Å². The molecule has 206 valence electrons. The Kier molecular flexibility index (Phi) is 7.86. The van der Waals surface area contributed by atoms with Crippen LogP contribution >= 0.6 is 0 Å². The van der Waals surface area contributed by atoms with Gasteiger partial charge in [0, 0.05) is 11.1 Å². The Balaban J connectivity index is 1.51. The molecule has 0 fully saturated rings. The number of carbonyl (C=O) groups excluding carboxylic acids is 2. The van der Waals surface area contributed by atoms with Crippen molar-refractivity contribution in [2.45, 2.75) is 12.2 Å². The monoisotopic (exact) mass is 559 g/mol. The van der Waals surface area contributed by atoms with Crippen molar-refractivity contribution in [3.05, 3.63) is 131 Å². The summed E-state index contributed by atoms with van der Waals surface area (Å²) in [5.41, 5.74) is 1.52. The highest BCUT2D eigenvalue weighted by Gasteiger charge is 2.30. The number of aliphatic imine (C=N–C) groups is 1. The summed E-state index contributed by atoms with van der Waals surface area (Å²) < 4.78 is 56.5. The average Bonchev–Trinajstić information content (AvgIpc) is 3.12. The largest absolute Gasteiger partial charge is 0.365 e. The summed E-state index contributed by atoms with van der Waals surface area (Å²) in [6, 6.07) is 22.9. The van der Waals surface area contributed by atoms with Crippen LogP contribution in [-0.2, 0) is 9.59 Å². The second-order valence-electron chi connectivity index (χ2n) is 8.88. The van der Waals surface area contributed by atoms with Crippen LogP contribution in [0.1, 0.15) is 16.7 Å². The molecule has 1 aliphatic heterocycles. The fourth-order valence-corrected chi connectivity index (χ4v) is 4.15. The number of hydrogen-bond acceptors (Lipinski definition) is 5. The van der Waals surface area contributed by atoms with Crippen molar-refractivity contribution in [2.24, 2.45) is 4.99 Å². The summed E-state index contributed by atoms with van der Waals surface area (Å²) in [4.78, 5) is 33.7. The molecule has 1 unspecified atom stereocenters. The molecule has 7 nitrogen and oxygen atoms in total. The molecule has 2 atom stereocenters. The Morgan fingerprint density at radius 3 is 2.15 bits per heavy atom. The quantitative estimate of drug-likeness (QED) is 0.218. The Hall–Kier alpha value is -5.32. The molecule has 2 heterocycles. The first-order chi connectivity index (χ1) is 19.8. The Morgan fingerprint density at radius 2 is 1.46 bits per heavy atom. The van der Waals surface area contributed by atoms with Crippen molar-refractivity contribution < 1.29 is 27.2 Å². The van der Waals surface area contributed by atoms with Crippen molar-refractivity contribution >= 4 is 35.0 Å². The zero-order valence-corrected chi connectivity index (χ0v) is 21.1. The van der Waals surface area contributed by atoms with E-state index in [-0.39, 0.29) is 0 Å². The maximum absolute atomic E-state index is 14.4. The van der Waals surface area contributed by atoms with Gasteiger partial charge in [0.2, 0.25) is 23.7 Å². The lowest BCUT2D eigenvalue weighted by Gasteiger charge is -2.20. The Morgan fingerprint density at radius 1 is 0.854 bits per heavy atom. The lowest BCUT2D eigenvalue weighted by molar-refractivity contribution is -0.126. The molecule has 3 N–H and O–H groups in total. The number of aromatic nitrogens is 1. The molecule has 2 amide bonds. The van der Waals surface area contributed by atoms with Gasteiger partial charge in [-0.25, -0.2) is 4.99 Å². The number of benzene rings is 3. The number of amides is 2. The van der Waals surface area contributed by atoms with E-state index in [1.54, 1.807) is 78.9 Å². The minimum atomic E-state index is -1.89. The van der Waals surface area contributed by atoms with Gasteiger partial charge in [0.1, 0.15) is 11.7 Å². The zero-order valence-electron chi connectivity index (χ0n) is 21.1. The number of fused-ring (bicyclic) bond motifs is 1. The summed E-state index contributed by atoms with van der Waals surface area (Å²) in [5, 5.41) is 7.39. The van der Waals surface area contributed by atoms with Crippen LogP contribution in [0.3, 0.4) is 0 Å². The average molecular weight is 560 g/mol. The Bertz CT molecular complexity index is 1640. The molecule has 41 heavy (non-hydrogen) atoms. The molecular formula is C30H21F4N5O2. The molecule has 0 saturated carbocycles. The van der Waals surface area contributed by atoms with E-state index < -0.39 is 53.2 Å². The fourth-order valence-electron chi connectivity index (χ4n) is 4.15. The summed E-state index contributed by atoms with van der Waals surface area (Å²) in [7, 11) is 0. The van der Waals surface area contributed by atoms with Crippen molar-refractivity contribution in [1.82, 2.24) is 10.3 Å². The highest BCUT2D eigenvalue weighted by molar-refractivity contribution is 6.19. The third-order valence-corrected chi connectivity index (χ3v) is 6.13. The number of anilines is 2. The molecule has 0 spiro atoms. The predicted octanol–water partition coefficient (Wildman–Crippen LogP) is 5.06. The van der Waals surface area contributed by atoms with E-state index in [1.165, 1.54) is 12.2 Å². The molecule has 3 aromatic carbocycles. The third-order valence-electron chi connectivity index (χ3n) is 6.13. The number of hydrogen-bond donors (Lipinski definition) is 3. The highest BCUT2D eigenvalue weighted by Crippen LogP contribution is 2.25. The third kappa shape index (κ3) is 5.98. The van der Waals surface area contributed by atoms with Gasteiger partial charge in [0.25, 0.3) is 17.8 Å². The van der Waals surface area contributed by atoms with Crippen LogP contribution in [0.25, 0.3) is 6.08 Å². The minimum absolute atomic E-state index is 0.407. The number of para-hydroxylation sites is 1. The molecule has 4 aromatic rings. The van der Waals surface area contributed by atoms with Crippen LogP contribution in [0.2, 0.25) is 0 Å². The number of nitrogens with one attached hydrogen (secondary N) is 3. The predicted molar refractivity (Wildman–Crippen MR) is 146 cm³/mol. The SMILES string of the molecule is O=C1Nc2ccccc2C(c2ccccc2)=NC1NC(=O)[C@@H](/C=C/c1ccccc1)Nc1c(F)c(F)nc(F)c1F. The van der Waals surface area contributed by atoms with Crippen molar-refractivity contribution in [3.8, 4) is 0 Å². The number of benzodiazepines with no additional fused rings is 1. The number of pyridine rings is 1. The number of halogens is 4.